The number of fused-ring (bicyclic) bond motifs is 2. The SMILES string of the molecule is O=C(Nc1cc(-c2ccc3ncn(Cc4cccc(F)c4)c3c2)c(Cl)cn1)C1[C@H]2CN(C(=O)O)C[C@@H]12. The van der Waals surface area contributed by atoms with Crippen molar-refractivity contribution >= 4 is 40.5 Å². The van der Waals surface area contributed by atoms with Crippen LogP contribution in [0.2, 0.25) is 5.02 Å². The normalized spacial score (nSPS) is 20.4. The van der Waals surface area contributed by atoms with Gasteiger partial charge >= 0.3 is 6.09 Å². The first-order chi connectivity index (χ1) is 17.4. The minimum Gasteiger partial charge on any atom is -0.465 e. The Bertz CT molecular complexity index is 1510. The third kappa shape index (κ3) is 4.05. The molecule has 2 N–H and O–H groups in total. The number of benzene rings is 2. The van der Waals surface area contributed by atoms with Crippen LogP contribution in [-0.4, -0.2) is 49.6 Å². The first kappa shape index (κ1) is 22.5. The lowest BCUT2D eigenvalue weighted by molar-refractivity contribution is -0.118. The fourth-order valence-electron chi connectivity index (χ4n) is 5.19. The van der Waals surface area contributed by atoms with Crippen molar-refractivity contribution in [3.8, 4) is 11.1 Å². The quantitative estimate of drug-likeness (QED) is 0.408. The van der Waals surface area contributed by atoms with E-state index in [9.17, 15) is 14.0 Å². The highest BCUT2D eigenvalue weighted by Crippen LogP contribution is 2.52. The zero-order valence-corrected chi connectivity index (χ0v) is 19.7. The lowest BCUT2D eigenvalue weighted by atomic mass is 10.1. The summed E-state index contributed by atoms with van der Waals surface area (Å²) in [7, 11) is 0. The fraction of sp³-hybridized carbons (Fsp3) is 0.231. The van der Waals surface area contributed by atoms with Gasteiger partial charge in [-0.25, -0.2) is 19.2 Å². The molecule has 2 fully saturated rings. The highest BCUT2D eigenvalue weighted by atomic mass is 35.5. The van der Waals surface area contributed by atoms with E-state index in [1.54, 1.807) is 18.5 Å². The number of aromatic nitrogens is 3. The van der Waals surface area contributed by atoms with E-state index in [4.69, 9.17) is 16.7 Å². The van der Waals surface area contributed by atoms with Crippen LogP contribution in [0.15, 0.2) is 61.1 Å². The Morgan fingerprint density at radius 3 is 2.67 bits per heavy atom. The zero-order valence-electron chi connectivity index (χ0n) is 18.9. The number of nitrogens with zero attached hydrogens (tertiary/aromatic N) is 4. The highest BCUT2D eigenvalue weighted by molar-refractivity contribution is 6.33. The first-order valence-corrected chi connectivity index (χ1v) is 11.9. The molecule has 3 heterocycles. The van der Waals surface area contributed by atoms with Crippen molar-refractivity contribution in [3.05, 3.63) is 77.5 Å². The number of rotatable bonds is 5. The molecular weight excluding hydrogens is 485 g/mol. The van der Waals surface area contributed by atoms with Crippen molar-refractivity contribution < 1.29 is 19.1 Å². The Morgan fingerprint density at radius 1 is 1.11 bits per heavy atom. The number of imidazole rings is 1. The van der Waals surface area contributed by atoms with Crippen molar-refractivity contribution in [2.24, 2.45) is 17.8 Å². The Balaban J connectivity index is 1.23. The van der Waals surface area contributed by atoms with Gasteiger partial charge in [0.1, 0.15) is 11.6 Å². The van der Waals surface area contributed by atoms with Gasteiger partial charge in [0.05, 0.1) is 22.4 Å². The molecule has 3 atom stereocenters. The second-order valence-corrected chi connectivity index (χ2v) is 9.69. The Morgan fingerprint density at radius 2 is 1.92 bits per heavy atom. The standard InChI is InChI=1S/C26H21ClFN5O3/c27-20-9-29-23(31-25(34)24-18-11-32(26(35)36)12-19(18)24)8-17(20)15-4-5-21-22(7-15)33(13-30-21)10-14-2-1-3-16(28)6-14/h1-9,13,18-19,24H,10-12H2,(H,35,36)(H,29,31,34)/t18-,19+,24?. The Hall–Kier alpha value is -3.98. The van der Waals surface area contributed by atoms with E-state index < -0.39 is 6.09 Å². The lowest BCUT2D eigenvalue weighted by Crippen LogP contribution is -2.32. The number of hydrogen-bond acceptors (Lipinski definition) is 4. The maximum Gasteiger partial charge on any atom is 0.407 e. The molecule has 182 valence electrons. The van der Waals surface area contributed by atoms with Gasteiger partial charge in [-0.05, 0) is 53.3 Å². The van der Waals surface area contributed by atoms with Gasteiger partial charge in [-0.1, -0.05) is 29.8 Å². The van der Waals surface area contributed by atoms with Crippen LogP contribution in [0.5, 0.6) is 0 Å². The molecule has 1 unspecified atom stereocenters. The minimum atomic E-state index is -0.945. The molecular formula is C26H21ClFN5O3. The summed E-state index contributed by atoms with van der Waals surface area (Å²) in [5.41, 5.74) is 4.01. The zero-order chi connectivity index (χ0) is 25.0. The van der Waals surface area contributed by atoms with Crippen LogP contribution in [0.3, 0.4) is 0 Å². The van der Waals surface area contributed by atoms with Crippen molar-refractivity contribution in [3.63, 3.8) is 0 Å². The molecule has 8 nitrogen and oxygen atoms in total. The summed E-state index contributed by atoms with van der Waals surface area (Å²) in [4.78, 5) is 34.0. The van der Waals surface area contributed by atoms with Gasteiger partial charge in [-0.15, -0.1) is 0 Å². The van der Waals surface area contributed by atoms with Gasteiger partial charge in [0, 0.05) is 37.3 Å². The van der Waals surface area contributed by atoms with Gasteiger partial charge in [0.2, 0.25) is 5.91 Å². The number of piperidine rings is 1. The van der Waals surface area contributed by atoms with Crippen LogP contribution < -0.4 is 5.32 Å². The second kappa shape index (κ2) is 8.60. The van der Waals surface area contributed by atoms with Crippen LogP contribution in [0.1, 0.15) is 5.56 Å². The van der Waals surface area contributed by atoms with Crippen molar-refractivity contribution in [1.82, 2.24) is 19.4 Å². The molecule has 2 amide bonds. The van der Waals surface area contributed by atoms with Crippen LogP contribution in [0.25, 0.3) is 22.2 Å². The fourth-order valence-corrected chi connectivity index (χ4v) is 5.40. The van der Waals surface area contributed by atoms with Crippen molar-refractivity contribution in [2.75, 3.05) is 18.4 Å². The number of carboxylic acid groups (broad SMARTS) is 1. The van der Waals surface area contributed by atoms with Gasteiger partial charge in [0.25, 0.3) is 0 Å². The van der Waals surface area contributed by atoms with Gasteiger partial charge in [-0.3, -0.25) is 4.79 Å². The average Bonchev–Trinajstić information content (AvgIpc) is 3.15. The Kier molecular flexibility index (Phi) is 5.37. The maximum atomic E-state index is 13.6. The average molecular weight is 506 g/mol. The predicted molar refractivity (Wildman–Crippen MR) is 132 cm³/mol. The molecule has 10 heteroatoms. The number of carbonyl (C=O) groups is 2. The first-order valence-electron chi connectivity index (χ1n) is 11.5. The third-order valence-corrected chi connectivity index (χ3v) is 7.35. The number of nitrogens with one attached hydrogen (secondary N) is 1. The summed E-state index contributed by atoms with van der Waals surface area (Å²) in [5.74, 6) is -0.130. The van der Waals surface area contributed by atoms with Crippen molar-refractivity contribution in [1.29, 1.82) is 0 Å². The largest absolute Gasteiger partial charge is 0.465 e. The summed E-state index contributed by atoms with van der Waals surface area (Å²) in [5, 5.41) is 12.4. The molecule has 1 aliphatic heterocycles. The molecule has 6 rings (SSSR count). The van der Waals surface area contributed by atoms with Gasteiger partial charge in [0.15, 0.2) is 0 Å². The lowest BCUT2D eigenvalue weighted by Gasteiger charge is -2.15. The van der Waals surface area contributed by atoms with Crippen LogP contribution in [-0.2, 0) is 11.3 Å². The van der Waals surface area contributed by atoms with E-state index in [1.807, 2.05) is 28.8 Å². The molecule has 2 aromatic heterocycles. The summed E-state index contributed by atoms with van der Waals surface area (Å²) in [6, 6.07) is 13.9. The Labute approximate surface area is 210 Å². The number of anilines is 1. The summed E-state index contributed by atoms with van der Waals surface area (Å²) >= 11 is 6.48. The molecule has 4 aromatic rings. The molecule has 36 heavy (non-hydrogen) atoms. The number of likely N-dealkylation sites (tertiary alicyclic amines) is 1. The minimum absolute atomic E-state index is 0.0636. The van der Waals surface area contributed by atoms with E-state index in [-0.39, 0.29) is 29.5 Å². The van der Waals surface area contributed by atoms with Crippen LogP contribution in [0.4, 0.5) is 15.0 Å². The molecule has 0 spiro atoms. The molecule has 2 aliphatic rings. The molecule has 0 radical (unpaired) electrons. The van der Waals surface area contributed by atoms with Crippen molar-refractivity contribution in [2.45, 2.75) is 6.54 Å². The molecule has 0 bridgehead atoms. The molecule has 1 aliphatic carbocycles. The number of carbonyl (C=O) groups excluding carboxylic acids is 1. The van der Waals surface area contributed by atoms with Crippen LogP contribution >= 0.6 is 11.6 Å². The number of hydrogen-bond donors (Lipinski definition) is 2. The highest BCUT2D eigenvalue weighted by Gasteiger charge is 2.60. The van der Waals surface area contributed by atoms with E-state index in [2.05, 4.69) is 15.3 Å². The maximum absolute atomic E-state index is 13.6. The second-order valence-electron chi connectivity index (χ2n) is 9.29. The molecule has 2 aromatic carbocycles. The summed E-state index contributed by atoms with van der Waals surface area (Å²) < 4.78 is 15.6. The van der Waals surface area contributed by atoms with Gasteiger partial charge < -0.3 is 19.9 Å². The van der Waals surface area contributed by atoms with E-state index >= 15 is 0 Å². The topological polar surface area (TPSA) is 100 Å². The molecule has 1 saturated heterocycles. The third-order valence-electron chi connectivity index (χ3n) is 7.05. The monoisotopic (exact) mass is 505 g/mol. The molecule has 1 saturated carbocycles. The van der Waals surface area contributed by atoms with E-state index in [0.29, 0.717) is 36.0 Å². The number of amides is 2. The number of halogens is 2. The smallest absolute Gasteiger partial charge is 0.407 e. The summed E-state index contributed by atoms with van der Waals surface area (Å²) in [6.07, 6.45) is 2.28. The van der Waals surface area contributed by atoms with E-state index in [1.165, 1.54) is 23.2 Å². The van der Waals surface area contributed by atoms with Gasteiger partial charge in [-0.2, -0.15) is 0 Å². The summed E-state index contributed by atoms with van der Waals surface area (Å²) in [6.45, 7) is 1.24. The number of pyridine rings is 1. The predicted octanol–water partition coefficient (Wildman–Crippen LogP) is 4.73. The van der Waals surface area contributed by atoms with E-state index in [0.717, 1.165) is 22.2 Å². The van der Waals surface area contributed by atoms with Crippen LogP contribution in [0, 0.1) is 23.6 Å².